The van der Waals surface area contributed by atoms with Crippen LogP contribution >= 0.6 is 0 Å². The molecule has 80 valence electrons. The van der Waals surface area contributed by atoms with Crippen molar-refractivity contribution >= 4 is 0 Å². The Kier molecular flexibility index (Phi) is 7.12. The van der Waals surface area contributed by atoms with Crippen LogP contribution in [0.25, 0.3) is 0 Å². The van der Waals surface area contributed by atoms with Crippen molar-refractivity contribution in [1.82, 2.24) is 0 Å². The third kappa shape index (κ3) is 5.95. The molecule has 0 radical (unpaired) electrons. The van der Waals surface area contributed by atoms with Gasteiger partial charge in [-0.05, 0) is 6.42 Å². The van der Waals surface area contributed by atoms with Crippen molar-refractivity contribution in [3.05, 3.63) is 0 Å². The predicted octanol–water partition coefficient (Wildman–Crippen LogP) is -1.16. The molecule has 0 aromatic carbocycles. The maximum Gasteiger partial charge on any atom is 0.180 e. The average Bonchev–Trinajstić information content (AvgIpc) is 2.13. The highest BCUT2D eigenvalue weighted by Gasteiger charge is 2.19. The zero-order valence-electron chi connectivity index (χ0n) is 7.76. The van der Waals surface area contributed by atoms with Gasteiger partial charge in [0, 0.05) is 6.42 Å². The molecule has 0 heterocycles. The molecule has 0 amide bonds. The van der Waals surface area contributed by atoms with E-state index in [1.807, 2.05) is 0 Å². The summed E-state index contributed by atoms with van der Waals surface area (Å²) in [7, 11) is 0. The summed E-state index contributed by atoms with van der Waals surface area (Å²) in [4.78, 5) is 0. The summed E-state index contributed by atoms with van der Waals surface area (Å²) in [5.74, 6) is 0. The lowest BCUT2D eigenvalue weighted by molar-refractivity contribution is -0.172. The van der Waals surface area contributed by atoms with E-state index in [1.54, 1.807) is 6.92 Å². The lowest BCUT2D eigenvalue weighted by atomic mass is 10.1. The number of aliphatic hydroxyl groups excluding tert-OH is 4. The quantitative estimate of drug-likeness (QED) is 0.384. The molecule has 5 heteroatoms. The fourth-order valence-corrected chi connectivity index (χ4v) is 0.846. The van der Waals surface area contributed by atoms with Crippen molar-refractivity contribution in [3.63, 3.8) is 0 Å². The van der Waals surface area contributed by atoms with Gasteiger partial charge in [0.1, 0.15) is 6.10 Å². The fraction of sp³-hybridized carbons (Fsp3) is 1.00. The van der Waals surface area contributed by atoms with Gasteiger partial charge in [-0.2, -0.15) is 0 Å². The molecule has 3 unspecified atom stereocenters. The number of hydrogen-bond acceptors (Lipinski definition) is 5. The molecule has 0 aliphatic heterocycles. The van der Waals surface area contributed by atoms with Crippen LogP contribution in [0.4, 0.5) is 0 Å². The normalized spacial score (nSPS) is 18.2. The van der Waals surface area contributed by atoms with Crippen molar-refractivity contribution < 1.29 is 25.2 Å². The van der Waals surface area contributed by atoms with E-state index in [1.165, 1.54) is 0 Å². The molecule has 0 spiro atoms. The van der Waals surface area contributed by atoms with E-state index in [-0.39, 0.29) is 19.6 Å². The third-order valence-corrected chi connectivity index (χ3v) is 1.69. The Labute approximate surface area is 77.6 Å². The summed E-state index contributed by atoms with van der Waals surface area (Å²) in [6, 6.07) is 0. The molecule has 0 aromatic heterocycles. The molecule has 3 atom stereocenters. The molecular formula is C8H18O5. The molecule has 5 nitrogen and oxygen atoms in total. The number of aliphatic hydroxyl groups is 4. The van der Waals surface area contributed by atoms with Crippen molar-refractivity contribution in [2.75, 3.05) is 13.2 Å². The Morgan fingerprint density at radius 1 is 1.23 bits per heavy atom. The van der Waals surface area contributed by atoms with Crippen LogP contribution in [0.3, 0.4) is 0 Å². The maximum absolute atomic E-state index is 9.23. The second-order valence-corrected chi connectivity index (χ2v) is 2.85. The Balaban J connectivity index is 3.61. The Morgan fingerprint density at radius 2 is 1.85 bits per heavy atom. The maximum atomic E-state index is 9.23. The van der Waals surface area contributed by atoms with E-state index in [0.29, 0.717) is 6.42 Å². The predicted molar refractivity (Wildman–Crippen MR) is 46.0 cm³/mol. The Hall–Kier alpha value is -0.200. The van der Waals surface area contributed by atoms with Crippen LogP contribution in [-0.2, 0) is 4.74 Å². The topological polar surface area (TPSA) is 90.2 Å². The van der Waals surface area contributed by atoms with E-state index in [0.717, 1.165) is 0 Å². The minimum Gasteiger partial charge on any atom is -0.394 e. The minimum absolute atomic E-state index is 0.0273. The zero-order chi connectivity index (χ0) is 10.3. The molecular weight excluding hydrogens is 176 g/mol. The first kappa shape index (κ1) is 12.8. The first-order valence-electron chi connectivity index (χ1n) is 4.38. The summed E-state index contributed by atoms with van der Waals surface area (Å²) in [5, 5.41) is 35.8. The van der Waals surface area contributed by atoms with Gasteiger partial charge in [0.15, 0.2) is 6.29 Å². The summed E-state index contributed by atoms with van der Waals surface area (Å²) < 4.78 is 4.64. The van der Waals surface area contributed by atoms with E-state index >= 15 is 0 Å². The first-order valence-corrected chi connectivity index (χ1v) is 4.38. The van der Waals surface area contributed by atoms with Gasteiger partial charge in [-0.15, -0.1) is 0 Å². The lowest BCUT2D eigenvalue weighted by Gasteiger charge is -2.19. The van der Waals surface area contributed by atoms with Crippen molar-refractivity contribution in [2.24, 2.45) is 0 Å². The highest BCUT2D eigenvalue weighted by molar-refractivity contribution is 4.64. The van der Waals surface area contributed by atoms with Crippen LogP contribution in [0.15, 0.2) is 0 Å². The van der Waals surface area contributed by atoms with Crippen LogP contribution in [0.5, 0.6) is 0 Å². The van der Waals surface area contributed by atoms with Crippen molar-refractivity contribution in [3.8, 4) is 0 Å². The fourth-order valence-electron chi connectivity index (χ4n) is 0.846. The van der Waals surface area contributed by atoms with Gasteiger partial charge < -0.3 is 25.2 Å². The largest absolute Gasteiger partial charge is 0.394 e. The van der Waals surface area contributed by atoms with E-state index in [2.05, 4.69) is 4.74 Å². The SMILES string of the molecule is CCC(O)CC(O)C(O)OCCO. The molecule has 13 heavy (non-hydrogen) atoms. The molecule has 0 aliphatic rings. The second-order valence-electron chi connectivity index (χ2n) is 2.85. The summed E-state index contributed by atoms with van der Waals surface area (Å²) in [5.41, 5.74) is 0. The van der Waals surface area contributed by atoms with E-state index in [4.69, 9.17) is 15.3 Å². The van der Waals surface area contributed by atoms with Crippen molar-refractivity contribution in [2.45, 2.75) is 38.3 Å². The molecule has 0 aromatic rings. The van der Waals surface area contributed by atoms with Gasteiger partial charge in [-0.25, -0.2) is 0 Å². The monoisotopic (exact) mass is 194 g/mol. The number of hydrogen-bond donors (Lipinski definition) is 4. The summed E-state index contributed by atoms with van der Waals surface area (Å²) in [6.45, 7) is 1.54. The molecule has 0 bridgehead atoms. The molecule has 0 aliphatic carbocycles. The highest BCUT2D eigenvalue weighted by atomic mass is 16.6. The molecule has 0 saturated carbocycles. The highest BCUT2D eigenvalue weighted by Crippen LogP contribution is 2.06. The zero-order valence-corrected chi connectivity index (χ0v) is 7.76. The van der Waals surface area contributed by atoms with Crippen LogP contribution in [0.1, 0.15) is 19.8 Å². The number of rotatable bonds is 7. The van der Waals surface area contributed by atoms with Crippen LogP contribution in [0, 0.1) is 0 Å². The lowest BCUT2D eigenvalue weighted by Crippen LogP contribution is -2.32. The Bertz CT molecular complexity index is 119. The average molecular weight is 194 g/mol. The van der Waals surface area contributed by atoms with Crippen LogP contribution in [0.2, 0.25) is 0 Å². The van der Waals surface area contributed by atoms with E-state index < -0.39 is 18.5 Å². The molecule has 0 rings (SSSR count). The molecule has 0 saturated heterocycles. The van der Waals surface area contributed by atoms with Crippen LogP contribution < -0.4 is 0 Å². The van der Waals surface area contributed by atoms with E-state index in [9.17, 15) is 5.11 Å². The van der Waals surface area contributed by atoms with Gasteiger partial charge in [-0.3, -0.25) is 0 Å². The standard InChI is InChI=1S/C8H18O5/c1-2-6(10)5-7(11)8(12)13-4-3-9/h6-12H,2-5H2,1H3. The Morgan fingerprint density at radius 3 is 2.31 bits per heavy atom. The summed E-state index contributed by atoms with van der Waals surface area (Å²) >= 11 is 0. The van der Waals surface area contributed by atoms with Gasteiger partial charge in [0.2, 0.25) is 0 Å². The van der Waals surface area contributed by atoms with Gasteiger partial charge in [0.25, 0.3) is 0 Å². The van der Waals surface area contributed by atoms with Gasteiger partial charge >= 0.3 is 0 Å². The third-order valence-electron chi connectivity index (χ3n) is 1.69. The molecule has 4 N–H and O–H groups in total. The van der Waals surface area contributed by atoms with Gasteiger partial charge in [0.05, 0.1) is 19.3 Å². The smallest absolute Gasteiger partial charge is 0.180 e. The minimum atomic E-state index is -1.34. The van der Waals surface area contributed by atoms with Crippen LogP contribution in [-0.4, -0.2) is 52.1 Å². The number of ether oxygens (including phenoxy) is 1. The first-order chi connectivity index (χ1) is 6.11. The van der Waals surface area contributed by atoms with Gasteiger partial charge in [-0.1, -0.05) is 6.92 Å². The summed E-state index contributed by atoms with van der Waals surface area (Å²) in [6.07, 6.45) is -2.50. The molecule has 0 fully saturated rings. The van der Waals surface area contributed by atoms with Crippen molar-refractivity contribution in [1.29, 1.82) is 0 Å². The second kappa shape index (κ2) is 7.23.